The molecule has 0 saturated heterocycles. The fraction of sp³-hybridized carbons (Fsp3) is 0.208. The van der Waals surface area contributed by atoms with E-state index in [0.717, 1.165) is 23.3 Å². The lowest BCUT2D eigenvalue weighted by atomic mass is 10.1. The van der Waals surface area contributed by atoms with Gasteiger partial charge in [-0.15, -0.1) is 0 Å². The summed E-state index contributed by atoms with van der Waals surface area (Å²) in [4.78, 5) is 12.9. The number of ether oxygens (including phenoxy) is 1. The summed E-state index contributed by atoms with van der Waals surface area (Å²) in [6.45, 7) is 3.72. The number of hydrogen-bond acceptors (Lipinski definition) is 4. The maximum absolute atomic E-state index is 13.3. The van der Waals surface area contributed by atoms with Crippen LogP contribution in [0.15, 0.2) is 65.6 Å². The minimum absolute atomic E-state index is 0.0203. The number of hydrogen-bond donors (Lipinski definition) is 1. The van der Waals surface area contributed by atoms with Gasteiger partial charge in [0.2, 0.25) is 0 Å². The lowest BCUT2D eigenvalue weighted by Crippen LogP contribution is -2.35. The van der Waals surface area contributed by atoms with Gasteiger partial charge in [-0.1, -0.05) is 6.07 Å². The molecule has 0 aliphatic carbocycles. The first-order valence-electron chi connectivity index (χ1n) is 10.1. The van der Waals surface area contributed by atoms with Crippen molar-refractivity contribution in [3.8, 4) is 5.75 Å². The zero-order valence-electron chi connectivity index (χ0n) is 17.9. The fourth-order valence-electron chi connectivity index (χ4n) is 3.94. The number of amides is 1. The molecule has 3 aromatic carbocycles. The molecule has 4 rings (SSSR count). The smallest absolute Gasteiger partial charge is 0.264 e. The third-order valence-electron chi connectivity index (χ3n) is 5.47. The molecule has 1 heterocycles. The van der Waals surface area contributed by atoms with Crippen LogP contribution >= 0.6 is 0 Å². The second-order valence-electron chi connectivity index (χ2n) is 7.81. The van der Waals surface area contributed by atoms with Crippen molar-refractivity contribution in [1.82, 2.24) is 0 Å². The van der Waals surface area contributed by atoms with Gasteiger partial charge in [0, 0.05) is 11.6 Å². The quantitative estimate of drug-likeness (QED) is 0.614. The van der Waals surface area contributed by atoms with Crippen LogP contribution < -0.4 is 14.4 Å². The molecule has 6 nitrogen and oxygen atoms in total. The molecule has 1 amide bonds. The van der Waals surface area contributed by atoms with Crippen molar-refractivity contribution in [3.63, 3.8) is 0 Å². The molecule has 0 fully saturated rings. The van der Waals surface area contributed by atoms with E-state index in [2.05, 4.69) is 5.32 Å². The SMILES string of the molecule is COc1ccc(C)cc1NC(=O)c1ccc2c(c1)C[C@H](C)N2S(=O)(=O)c1ccc(F)cc1. The molecule has 0 aromatic heterocycles. The number of methoxy groups -OCH3 is 1. The van der Waals surface area contributed by atoms with Gasteiger partial charge in [-0.3, -0.25) is 9.10 Å². The fourth-order valence-corrected chi connectivity index (χ4v) is 5.64. The van der Waals surface area contributed by atoms with Gasteiger partial charge < -0.3 is 10.1 Å². The summed E-state index contributed by atoms with van der Waals surface area (Å²) in [7, 11) is -2.33. The Morgan fingerprint density at radius 1 is 1.09 bits per heavy atom. The number of nitrogens with one attached hydrogen (secondary N) is 1. The predicted octanol–water partition coefficient (Wildman–Crippen LogP) is 4.53. The minimum atomic E-state index is -3.86. The van der Waals surface area contributed by atoms with Crippen LogP contribution in [0.1, 0.15) is 28.4 Å². The Kier molecular flexibility index (Phi) is 5.64. The molecule has 1 N–H and O–H groups in total. The monoisotopic (exact) mass is 454 g/mol. The van der Waals surface area contributed by atoms with E-state index < -0.39 is 15.8 Å². The first kappa shape index (κ1) is 21.8. The largest absolute Gasteiger partial charge is 0.495 e. The summed E-state index contributed by atoms with van der Waals surface area (Å²) in [6, 6.07) is 14.9. The Morgan fingerprint density at radius 3 is 2.50 bits per heavy atom. The van der Waals surface area contributed by atoms with Crippen LogP contribution in [0, 0.1) is 12.7 Å². The van der Waals surface area contributed by atoms with Crippen molar-refractivity contribution in [2.75, 3.05) is 16.7 Å². The Balaban J connectivity index is 1.64. The van der Waals surface area contributed by atoms with Gasteiger partial charge in [0.15, 0.2) is 0 Å². The molecule has 1 aliphatic rings. The van der Waals surface area contributed by atoms with Crippen LogP contribution in [0.2, 0.25) is 0 Å². The van der Waals surface area contributed by atoms with E-state index >= 15 is 0 Å². The molecular formula is C24H23FN2O4S. The topological polar surface area (TPSA) is 75.7 Å². The maximum Gasteiger partial charge on any atom is 0.264 e. The second-order valence-corrected chi connectivity index (χ2v) is 9.62. The number of sulfonamides is 1. The van der Waals surface area contributed by atoms with E-state index in [1.165, 1.54) is 23.5 Å². The summed E-state index contributed by atoms with van der Waals surface area (Å²) in [5, 5.41) is 2.86. The van der Waals surface area contributed by atoms with Gasteiger partial charge in [0.1, 0.15) is 11.6 Å². The van der Waals surface area contributed by atoms with Gasteiger partial charge in [-0.25, -0.2) is 12.8 Å². The first-order valence-corrected chi connectivity index (χ1v) is 11.5. The van der Waals surface area contributed by atoms with E-state index in [9.17, 15) is 17.6 Å². The predicted molar refractivity (Wildman–Crippen MR) is 121 cm³/mol. The average Bonchev–Trinajstić information content (AvgIpc) is 3.09. The zero-order valence-corrected chi connectivity index (χ0v) is 18.7. The number of fused-ring (bicyclic) bond motifs is 1. The number of benzene rings is 3. The molecule has 32 heavy (non-hydrogen) atoms. The standard InChI is InChI=1S/C24H23FN2O4S/c1-15-4-11-23(31-3)21(12-15)26-24(28)17-5-10-22-18(14-17)13-16(2)27(22)32(29,30)20-8-6-19(25)7-9-20/h4-12,14,16H,13H2,1-3H3,(H,26,28)/t16-/m0/s1. The van der Waals surface area contributed by atoms with Gasteiger partial charge in [-0.2, -0.15) is 0 Å². The molecule has 166 valence electrons. The number of nitrogens with zero attached hydrogens (tertiary/aromatic N) is 1. The van der Waals surface area contributed by atoms with Crippen LogP contribution in [-0.4, -0.2) is 27.5 Å². The van der Waals surface area contributed by atoms with Crippen molar-refractivity contribution in [2.24, 2.45) is 0 Å². The van der Waals surface area contributed by atoms with Crippen molar-refractivity contribution >= 4 is 27.3 Å². The number of carbonyl (C=O) groups is 1. The van der Waals surface area contributed by atoms with Crippen molar-refractivity contribution < 1.29 is 22.3 Å². The Morgan fingerprint density at radius 2 is 1.81 bits per heavy atom. The van der Waals surface area contributed by atoms with Crippen LogP contribution in [0.25, 0.3) is 0 Å². The highest BCUT2D eigenvalue weighted by Gasteiger charge is 2.36. The lowest BCUT2D eigenvalue weighted by Gasteiger charge is -2.24. The van der Waals surface area contributed by atoms with E-state index in [4.69, 9.17) is 4.74 Å². The molecular weight excluding hydrogens is 431 g/mol. The van der Waals surface area contributed by atoms with Gasteiger partial charge in [0.05, 0.1) is 23.4 Å². The van der Waals surface area contributed by atoms with Crippen LogP contribution in [0.4, 0.5) is 15.8 Å². The van der Waals surface area contributed by atoms with E-state index in [1.54, 1.807) is 31.2 Å². The Hall–Kier alpha value is -3.39. The minimum Gasteiger partial charge on any atom is -0.495 e. The third kappa shape index (κ3) is 3.93. The highest BCUT2D eigenvalue weighted by molar-refractivity contribution is 7.92. The molecule has 0 bridgehead atoms. The van der Waals surface area contributed by atoms with Gasteiger partial charge in [0.25, 0.3) is 15.9 Å². The van der Waals surface area contributed by atoms with Gasteiger partial charge >= 0.3 is 0 Å². The van der Waals surface area contributed by atoms with Crippen molar-refractivity contribution in [1.29, 1.82) is 0 Å². The Bertz CT molecular complexity index is 1290. The molecule has 0 unspecified atom stereocenters. The summed E-state index contributed by atoms with van der Waals surface area (Å²) in [6.07, 6.45) is 0.463. The second kappa shape index (κ2) is 8.27. The highest BCUT2D eigenvalue weighted by atomic mass is 32.2. The average molecular weight is 455 g/mol. The number of halogens is 1. The van der Waals surface area contributed by atoms with E-state index in [-0.39, 0.29) is 16.8 Å². The molecule has 1 aliphatic heterocycles. The summed E-state index contributed by atoms with van der Waals surface area (Å²) in [5.41, 5.74) is 3.23. The maximum atomic E-state index is 13.3. The molecule has 0 saturated carbocycles. The van der Waals surface area contributed by atoms with Gasteiger partial charge in [-0.05, 0) is 86.0 Å². The highest BCUT2D eigenvalue weighted by Crippen LogP contribution is 2.37. The normalized spacial score (nSPS) is 15.4. The summed E-state index contributed by atoms with van der Waals surface area (Å²) >= 11 is 0. The van der Waals surface area contributed by atoms with Crippen molar-refractivity contribution in [3.05, 3.63) is 83.2 Å². The van der Waals surface area contributed by atoms with Crippen LogP contribution in [0.5, 0.6) is 5.75 Å². The van der Waals surface area contributed by atoms with Crippen LogP contribution in [0.3, 0.4) is 0 Å². The lowest BCUT2D eigenvalue weighted by molar-refractivity contribution is 0.102. The molecule has 3 aromatic rings. The summed E-state index contributed by atoms with van der Waals surface area (Å²) in [5.74, 6) is -0.265. The Labute approximate surface area is 186 Å². The molecule has 0 radical (unpaired) electrons. The third-order valence-corrected chi connectivity index (χ3v) is 7.41. The number of anilines is 2. The van der Waals surface area contributed by atoms with E-state index in [1.807, 2.05) is 19.1 Å². The number of rotatable bonds is 5. The van der Waals surface area contributed by atoms with Crippen molar-refractivity contribution in [2.45, 2.75) is 31.2 Å². The summed E-state index contributed by atoms with van der Waals surface area (Å²) < 4.78 is 46.3. The van der Waals surface area contributed by atoms with E-state index in [0.29, 0.717) is 29.1 Å². The number of aryl methyl sites for hydroxylation is 1. The molecule has 0 spiro atoms. The van der Waals surface area contributed by atoms with Crippen LogP contribution in [-0.2, 0) is 16.4 Å². The first-order chi connectivity index (χ1) is 15.2. The molecule has 8 heteroatoms. The number of carbonyl (C=O) groups excluding carboxylic acids is 1. The zero-order chi connectivity index (χ0) is 23.0. The molecule has 1 atom stereocenters.